The molecule has 2 aromatic rings. The lowest BCUT2D eigenvalue weighted by Gasteiger charge is -2.58. The van der Waals surface area contributed by atoms with E-state index in [1.165, 1.54) is 11.6 Å². The topological polar surface area (TPSA) is 59.7 Å². The van der Waals surface area contributed by atoms with Gasteiger partial charge in [0.25, 0.3) is 0 Å². The molecule has 0 amide bonds. The minimum Gasteiger partial charge on any atom is -0.493 e. The number of hydrogen-bond acceptors (Lipinski definition) is 4. The number of benzene rings is 1. The Hall–Kier alpha value is -2.07. The van der Waals surface area contributed by atoms with Crippen molar-refractivity contribution in [2.45, 2.75) is 53.1 Å². The van der Waals surface area contributed by atoms with Crippen LogP contribution in [0, 0.1) is 22.7 Å². The van der Waals surface area contributed by atoms with Crippen molar-refractivity contribution in [3.63, 3.8) is 0 Å². The second-order valence-corrected chi connectivity index (χ2v) is 9.44. The maximum Gasteiger partial charge on any atom is 0.336 e. The molecular formula is C24H30O4. The van der Waals surface area contributed by atoms with Crippen molar-refractivity contribution >= 4 is 11.0 Å². The Bertz CT molecular complexity index is 970. The lowest BCUT2D eigenvalue weighted by molar-refractivity contribution is -0.119. The van der Waals surface area contributed by atoms with Crippen LogP contribution < -0.4 is 10.4 Å². The summed E-state index contributed by atoms with van der Waals surface area (Å²) in [5.41, 5.74) is 1.57. The van der Waals surface area contributed by atoms with Gasteiger partial charge in [-0.05, 0) is 61.1 Å². The van der Waals surface area contributed by atoms with Gasteiger partial charge in [-0.2, -0.15) is 0 Å². The largest absolute Gasteiger partial charge is 0.493 e. The fraction of sp³-hybridized carbons (Fsp3) is 0.542. The Balaban J connectivity index is 1.59. The lowest BCUT2D eigenvalue weighted by atomic mass is 9.48. The average Bonchev–Trinajstić information content (AvgIpc) is 2.64. The van der Waals surface area contributed by atoms with Gasteiger partial charge in [0.2, 0.25) is 0 Å². The summed E-state index contributed by atoms with van der Waals surface area (Å²) < 4.78 is 11.5. The first-order valence-corrected chi connectivity index (χ1v) is 10.2. The Kier molecular flexibility index (Phi) is 4.65. The van der Waals surface area contributed by atoms with Crippen LogP contribution in [0.5, 0.6) is 5.75 Å². The van der Waals surface area contributed by atoms with Crippen molar-refractivity contribution in [1.29, 1.82) is 0 Å². The van der Waals surface area contributed by atoms with Gasteiger partial charge in [0.05, 0.1) is 12.7 Å². The molecule has 4 nitrogen and oxygen atoms in total. The number of hydrogen-bond donors (Lipinski definition) is 1. The maximum atomic E-state index is 11.5. The van der Waals surface area contributed by atoms with Gasteiger partial charge in [0.15, 0.2) is 0 Å². The minimum atomic E-state index is -0.353. The summed E-state index contributed by atoms with van der Waals surface area (Å²) in [5.74, 6) is 1.45. The SMILES string of the molecule is CC1=CC[C@H]2C(C)(C)[C@H](O)CC[C@]2(C)[C@H]1COc1ccc2ccc(=O)oc2c1. The van der Waals surface area contributed by atoms with E-state index in [0.29, 0.717) is 24.0 Å². The van der Waals surface area contributed by atoms with Gasteiger partial charge in [-0.1, -0.05) is 32.4 Å². The Morgan fingerprint density at radius 3 is 2.75 bits per heavy atom. The monoisotopic (exact) mass is 382 g/mol. The molecule has 2 aliphatic carbocycles. The summed E-state index contributed by atoms with van der Waals surface area (Å²) in [5, 5.41) is 11.5. The van der Waals surface area contributed by atoms with Crippen LogP contribution in [0.2, 0.25) is 0 Å². The lowest BCUT2D eigenvalue weighted by Crippen LogP contribution is -2.55. The fourth-order valence-corrected chi connectivity index (χ4v) is 5.66. The standard InChI is InChI=1S/C24H30O4/c1-15-5-9-20-23(2,3)21(25)11-12-24(20,4)18(15)14-27-17-8-6-16-7-10-22(26)28-19(16)13-17/h5-8,10,13,18,20-21,25H,9,11-12,14H2,1-4H3/t18-,20-,21+,24+/m0/s1. The first kappa shape index (κ1) is 19.3. The summed E-state index contributed by atoms with van der Waals surface area (Å²) in [6.45, 7) is 9.57. The molecule has 0 saturated heterocycles. The van der Waals surface area contributed by atoms with Crippen molar-refractivity contribution in [2.24, 2.45) is 22.7 Å². The van der Waals surface area contributed by atoms with Crippen molar-refractivity contribution < 1.29 is 14.3 Å². The third-order valence-corrected chi connectivity index (χ3v) is 7.54. The number of fused-ring (bicyclic) bond motifs is 2. The molecule has 28 heavy (non-hydrogen) atoms. The van der Waals surface area contributed by atoms with Crippen LogP contribution in [0.3, 0.4) is 0 Å². The zero-order valence-corrected chi connectivity index (χ0v) is 17.2. The smallest absolute Gasteiger partial charge is 0.336 e. The first-order chi connectivity index (χ1) is 13.2. The van der Waals surface area contributed by atoms with Crippen molar-refractivity contribution in [1.82, 2.24) is 0 Å². The Morgan fingerprint density at radius 2 is 1.96 bits per heavy atom. The molecule has 4 atom stereocenters. The first-order valence-electron chi connectivity index (χ1n) is 10.2. The normalized spacial score (nSPS) is 31.9. The molecule has 0 bridgehead atoms. The van der Waals surface area contributed by atoms with E-state index >= 15 is 0 Å². The quantitative estimate of drug-likeness (QED) is 0.603. The van der Waals surface area contributed by atoms with Crippen LogP contribution in [-0.2, 0) is 0 Å². The molecule has 1 heterocycles. The van der Waals surface area contributed by atoms with E-state index in [2.05, 4.69) is 33.8 Å². The fourth-order valence-electron chi connectivity index (χ4n) is 5.66. The number of aliphatic hydroxyl groups is 1. The van der Waals surface area contributed by atoms with Gasteiger partial charge in [-0.3, -0.25) is 0 Å². The van der Waals surface area contributed by atoms with Gasteiger partial charge < -0.3 is 14.3 Å². The molecule has 0 unspecified atom stereocenters. The molecule has 4 rings (SSSR count). The number of allylic oxidation sites excluding steroid dienone is 1. The molecule has 1 N–H and O–H groups in total. The van der Waals surface area contributed by atoms with E-state index in [0.717, 1.165) is 30.4 Å². The Labute approximate surface area is 166 Å². The van der Waals surface area contributed by atoms with Gasteiger partial charge in [0, 0.05) is 23.4 Å². The van der Waals surface area contributed by atoms with Crippen molar-refractivity contribution in [3.8, 4) is 5.75 Å². The third-order valence-electron chi connectivity index (χ3n) is 7.54. The molecule has 1 aromatic carbocycles. The summed E-state index contributed by atoms with van der Waals surface area (Å²) >= 11 is 0. The molecule has 2 aliphatic rings. The second-order valence-electron chi connectivity index (χ2n) is 9.44. The van der Waals surface area contributed by atoms with E-state index in [9.17, 15) is 9.90 Å². The number of ether oxygens (including phenoxy) is 1. The van der Waals surface area contributed by atoms with Crippen LogP contribution in [0.1, 0.15) is 47.0 Å². The van der Waals surface area contributed by atoms with Gasteiger partial charge in [0.1, 0.15) is 11.3 Å². The molecule has 150 valence electrons. The molecule has 0 spiro atoms. The molecular weight excluding hydrogens is 352 g/mol. The number of aliphatic hydroxyl groups excluding tert-OH is 1. The van der Waals surface area contributed by atoms with Crippen molar-refractivity contribution in [3.05, 3.63) is 52.4 Å². The molecule has 1 aromatic heterocycles. The zero-order chi connectivity index (χ0) is 20.1. The maximum absolute atomic E-state index is 11.5. The highest BCUT2D eigenvalue weighted by atomic mass is 16.5. The van der Waals surface area contributed by atoms with Crippen LogP contribution in [-0.4, -0.2) is 17.8 Å². The summed E-state index contributed by atoms with van der Waals surface area (Å²) in [6.07, 6.45) is 4.95. The summed E-state index contributed by atoms with van der Waals surface area (Å²) in [6, 6.07) is 8.84. The van der Waals surface area contributed by atoms with E-state index in [1.54, 1.807) is 12.1 Å². The zero-order valence-electron chi connectivity index (χ0n) is 17.2. The van der Waals surface area contributed by atoms with E-state index in [4.69, 9.17) is 9.15 Å². The van der Waals surface area contributed by atoms with E-state index in [-0.39, 0.29) is 22.6 Å². The molecule has 1 saturated carbocycles. The molecule has 1 fully saturated rings. The third kappa shape index (κ3) is 3.08. The molecule has 0 radical (unpaired) electrons. The van der Waals surface area contributed by atoms with E-state index < -0.39 is 0 Å². The predicted molar refractivity (Wildman–Crippen MR) is 110 cm³/mol. The highest BCUT2D eigenvalue weighted by Crippen LogP contribution is 2.59. The average molecular weight is 383 g/mol. The summed E-state index contributed by atoms with van der Waals surface area (Å²) in [7, 11) is 0. The van der Waals surface area contributed by atoms with Crippen LogP contribution in [0.25, 0.3) is 11.0 Å². The number of rotatable bonds is 3. The predicted octanol–water partition coefficient (Wildman–Crippen LogP) is 4.94. The van der Waals surface area contributed by atoms with Crippen LogP contribution in [0.4, 0.5) is 0 Å². The minimum absolute atomic E-state index is 0.102. The Morgan fingerprint density at radius 1 is 1.21 bits per heavy atom. The van der Waals surface area contributed by atoms with Gasteiger partial charge in [-0.15, -0.1) is 0 Å². The highest BCUT2D eigenvalue weighted by Gasteiger charge is 2.55. The van der Waals surface area contributed by atoms with Crippen LogP contribution >= 0.6 is 0 Å². The van der Waals surface area contributed by atoms with Crippen LogP contribution in [0.15, 0.2) is 51.2 Å². The highest BCUT2D eigenvalue weighted by molar-refractivity contribution is 5.77. The summed E-state index contributed by atoms with van der Waals surface area (Å²) in [4.78, 5) is 11.5. The van der Waals surface area contributed by atoms with E-state index in [1.807, 2.05) is 12.1 Å². The molecule has 0 aliphatic heterocycles. The van der Waals surface area contributed by atoms with Gasteiger partial charge in [-0.25, -0.2) is 4.79 Å². The second kappa shape index (κ2) is 6.77. The van der Waals surface area contributed by atoms with Crippen molar-refractivity contribution in [2.75, 3.05) is 6.61 Å². The van der Waals surface area contributed by atoms with Gasteiger partial charge >= 0.3 is 5.63 Å². The molecule has 4 heteroatoms.